The molecule has 0 amide bonds. The first-order valence-electron chi connectivity index (χ1n) is 7.82. The Balaban J connectivity index is 1.88. The van der Waals surface area contributed by atoms with Gasteiger partial charge in [0.25, 0.3) is 6.43 Å². The van der Waals surface area contributed by atoms with Gasteiger partial charge in [-0.25, -0.2) is 18.3 Å². The molecule has 3 aromatic rings. The van der Waals surface area contributed by atoms with E-state index in [0.29, 0.717) is 17.1 Å². The van der Waals surface area contributed by atoms with Crippen LogP contribution in [-0.4, -0.2) is 38.8 Å². The summed E-state index contributed by atoms with van der Waals surface area (Å²) in [5.74, 6) is 0.542. The summed E-state index contributed by atoms with van der Waals surface area (Å²) in [4.78, 5) is 13.4. The number of aromatic nitrogens is 4. The highest BCUT2D eigenvalue weighted by atomic mass is 19.3. The second kappa shape index (κ2) is 7.33. The molecule has 3 rings (SSSR count). The number of fused-ring (bicyclic) bond motifs is 1. The Labute approximate surface area is 143 Å². The van der Waals surface area contributed by atoms with Gasteiger partial charge in [-0.1, -0.05) is 12.1 Å². The SMILES string of the molecule is CCc1cc(/C=N/OCC(F)F)cnc1-c1nc2cc(C)ccn2n1. The van der Waals surface area contributed by atoms with E-state index in [1.165, 1.54) is 6.21 Å². The van der Waals surface area contributed by atoms with Gasteiger partial charge in [-0.05, 0) is 42.7 Å². The number of nitrogens with zero attached hydrogens (tertiary/aromatic N) is 5. The summed E-state index contributed by atoms with van der Waals surface area (Å²) < 4.78 is 25.7. The predicted molar refractivity (Wildman–Crippen MR) is 89.9 cm³/mol. The summed E-state index contributed by atoms with van der Waals surface area (Å²) in [5, 5.41) is 7.98. The first kappa shape index (κ1) is 16.9. The summed E-state index contributed by atoms with van der Waals surface area (Å²) in [7, 11) is 0. The van der Waals surface area contributed by atoms with Gasteiger partial charge in [0.05, 0.1) is 6.21 Å². The van der Waals surface area contributed by atoms with Crippen molar-refractivity contribution in [2.24, 2.45) is 5.16 Å². The second-order valence-corrected chi connectivity index (χ2v) is 5.49. The van der Waals surface area contributed by atoms with E-state index in [1.54, 1.807) is 10.7 Å². The summed E-state index contributed by atoms with van der Waals surface area (Å²) in [5.41, 5.74) is 4.14. The zero-order valence-corrected chi connectivity index (χ0v) is 13.9. The molecule has 0 aromatic carbocycles. The summed E-state index contributed by atoms with van der Waals surface area (Å²) >= 11 is 0. The van der Waals surface area contributed by atoms with Crippen LogP contribution in [0.5, 0.6) is 0 Å². The van der Waals surface area contributed by atoms with E-state index in [-0.39, 0.29) is 0 Å². The van der Waals surface area contributed by atoms with Crippen molar-refractivity contribution in [2.75, 3.05) is 6.61 Å². The number of hydrogen-bond acceptors (Lipinski definition) is 5. The van der Waals surface area contributed by atoms with E-state index in [4.69, 9.17) is 0 Å². The lowest BCUT2D eigenvalue weighted by Gasteiger charge is -2.04. The fraction of sp³-hybridized carbons (Fsp3) is 0.294. The van der Waals surface area contributed by atoms with E-state index >= 15 is 0 Å². The molecule has 6 nitrogen and oxygen atoms in total. The Morgan fingerprint density at radius 1 is 1.36 bits per heavy atom. The van der Waals surface area contributed by atoms with E-state index in [2.05, 4.69) is 25.1 Å². The molecule has 0 aliphatic rings. The van der Waals surface area contributed by atoms with Gasteiger partial charge < -0.3 is 4.84 Å². The standard InChI is InChI=1S/C17H17F2N5O/c1-3-13-7-12(9-21-25-10-14(18)19)8-20-16(13)17-22-15-6-11(2)4-5-24(15)23-17/h4-9,14H,3,10H2,1-2H3/b21-9+. The highest BCUT2D eigenvalue weighted by Crippen LogP contribution is 2.20. The largest absolute Gasteiger partial charge is 0.390 e. The molecule has 0 atom stereocenters. The minimum atomic E-state index is -2.55. The molecule has 3 aromatic heterocycles. The molecule has 0 fully saturated rings. The summed E-state index contributed by atoms with van der Waals surface area (Å²) in [6.07, 6.45) is 2.97. The molecule has 0 saturated carbocycles. The van der Waals surface area contributed by atoms with Gasteiger partial charge in [0.1, 0.15) is 5.69 Å². The molecule has 0 spiro atoms. The van der Waals surface area contributed by atoms with Crippen LogP contribution >= 0.6 is 0 Å². The maximum absolute atomic E-state index is 12.0. The molecular formula is C17H17F2N5O. The van der Waals surface area contributed by atoms with Gasteiger partial charge in [0, 0.05) is 18.0 Å². The zero-order chi connectivity index (χ0) is 17.8. The zero-order valence-electron chi connectivity index (χ0n) is 13.9. The number of halogens is 2. The van der Waals surface area contributed by atoms with Crippen molar-refractivity contribution in [1.82, 2.24) is 19.6 Å². The Hall–Kier alpha value is -2.90. The molecular weight excluding hydrogens is 328 g/mol. The van der Waals surface area contributed by atoms with Crippen molar-refractivity contribution in [3.63, 3.8) is 0 Å². The number of rotatable bonds is 6. The van der Waals surface area contributed by atoms with E-state index in [1.807, 2.05) is 38.2 Å². The monoisotopic (exact) mass is 345 g/mol. The van der Waals surface area contributed by atoms with Gasteiger partial charge >= 0.3 is 0 Å². The van der Waals surface area contributed by atoms with Crippen LogP contribution in [-0.2, 0) is 11.3 Å². The number of alkyl halides is 2. The molecule has 8 heteroatoms. The average molecular weight is 345 g/mol. The van der Waals surface area contributed by atoms with Gasteiger partial charge in [-0.2, -0.15) is 0 Å². The maximum atomic E-state index is 12.0. The summed E-state index contributed by atoms with van der Waals surface area (Å²) in [6.45, 7) is 3.26. The first-order chi connectivity index (χ1) is 12.1. The smallest absolute Gasteiger partial charge is 0.274 e. The third kappa shape index (κ3) is 3.96. The van der Waals surface area contributed by atoms with Crippen LogP contribution < -0.4 is 0 Å². The third-order valence-corrected chi connectivity index (χ3v) is 3.55. The number of oxime groups is 1. The van der Waals surface area contributed by atoms with Crippen molar-refractivity contribution >= 4 is 11.9 Å². The fourth-order valence-corrected chi connectivity index (χ4v) is 2.35. The third-order valence-electron chi connectivity index (χ3n) is 3.55. The van der Waals surface area contributed by atoms with Crippen LogP contribution in [0.25, 0.3) is 17.2 Å². The number of hydrogen-bond donors (Lipinski definition) is 0. The van der Waals surface area contributed by atoms with E-state index in [9.17, 15) is 8.78 Å². The van der Waals surface area contributed by atoms with Crippen molar-refractivity contribution in [2.45, 2.75) is 26.7 Å². The van der Waals surface area contributed by atoms with E-state index in [0.717, 1.165) is 23.2 Å². The van der Waals surface area contributed by atoms with Crippen molar-refractivity contribution < 1.29 is 13.6 Å². The highest BCUT2D eigenvalue weighted by molar-refractivity contribution is 5.80. The normalized spacial score (nSPS) is 11.7. The Kier molecular flexibility index (Phi) is 4.97. The maximum Gasteiger partial charge on any atom is 0.274 e. The van der Waals surface area contributed by atoms with E-state index < -0.39 is 13.0 Å². The van der Waals surface area contributed by atoms with Crippen molar-refractivity contribution in [3.05, 3.63) is 47.3 Å². The fourth-order valence-electron chi connectivity index (χ4n) is 2.35. The Bertz CT molecular complexity index is 907. The van der Waals surface area contributed by atoms with Gasteiger partial charge in [-0.15, -0.1) is 5.10 Å². The number of pyridine rings is 2. The minimum absolute atomic E-state index is 0.542. The summed E-state index contributed by atoms with van der Waals surface area (Å²) in [6, 6.07) is 5.77. The lowest BCUT2D eigenvalue weighted by atomic mass is 10.1. The van der Waals surface area contributed by atoms with Gasteiger partial charge in [-0.3, -0.25) is 4.98 Å². The number of aryl methyl sites for hydroxylation is 2. The minimum Gasteiger partial charge on any atom is -0.390 e. The van der Waals surface area contributed by atoms with Crippen LogP contribution in [0.15, 0.2) is 35.7 Å². The Morgan fingerprint density at radius 3 is 2.96 bits per heavy atom. The van der Waals surface area contributed by atoms with Crippen LogP contribution in [0, 0.1) is 6.92 Å². The average Bonchev–Trinajstić information content (AvgIpc) is 3.01. The van der Waals surface area contributed by atoms with Crippen molar-refractivity contribution in [3.8, 4) is 11.5 Å². The lowest BCUT2D eigenvalue weighted by Crippen LogP contribution is -2.01. The molecule has 0 bridgehead atoms. The molecule has 25 heavy (non-hydrogen) atoms. The molecule has 0 saturated heterocycles. The Morgan fingerprint density at radius 2 is 2.20 bits per heavy atom. The predicted octanol–water partition coefficient (Wildman–Crippen LogP) is 3.28. The molecule has 0 aliphatic heterocycles. The molecule has 0 radical (unpaired) electrons. The van der Waals surface area contributed by atoms with Crippen LogP contribution in [0.2, 0.25) is 0 Å². The topological polar surface area (TPSA) is 64.7 Å². The molecule has 3 heterocycles. The van der Waals surface area contributed by atoms with Crippen LogP contribution in [0.4, 0.5) is 8.78 Å². The highest BCUT2D eigenvalue weighted by Gasteiger charge is 2.12. The molecule has 0 unspecified atom stereocenters. The first-order valence-corrected chi connectivity index (χ1v) is 7.82. The van der Waals surface area contributed by atoms with Gasteiger partial charge in [0.15, 0.2) is 12.3 Å². The molecule has 130 valence electrons. The second-order valence-electron chi connectivity index (χ2n) is 5.49. The van der Waals surface area contributed by atoms with Crippen molar-refractivity contribution in [1.29, 1.82) is 0 Å². The lowest BCUT2D eigenvalue weighted by molar-refractivity contribution is 0.0209. The quantitative estimate of drug-likeness (QED) is 0.508. The van der Waals surface area contributed by atoms with Gasteiger partial charge in [0.2, 0.25) is 5.82 Å². The molecule has 0 aliphatic carbocycles. The van der Waals surface area contributed by atoms with Crippen LogP contribution in [0.1, 0.15) is 23.6 Å². The van der Waals surface area contributed by atoms with Crippen LogP contribution in [0.3, 0.4) is 0 Å². The molecule has 0 N–H and O–H groups in total.